The summed E-state index contributed by atoms with van der Waals surface area (Å²) in [7, 11) is 1.69. The lowest BCUT2D eigenvalue weighted by atomic mass is 9.89. The summed E-state index contributed by atoms with van der Waals surface area (Å²) in [6.45, 7) is 7.59. The number of thioether (sulfide) groups is 1. The minimum absolute atomic E-state index is 0.162. The Morgan fingerprint density at radius 2 is 1.88 bits per heavy atom. The van der Waals surface area contributed by atoms with E-state index >= 15 is 0 Å². The molecular weight excluding hydrogens is 548 g/mol. The van der Waals surface area contributed by atoms with E-state index in [1.165, 1.54) is 18.4 Å². The number of hydrogen-bond donors (Lipinski definition) is 1. The zero-order valence-electron chi connectivity index (χ0n) is 22.8. The molecule has 2 aromatic heterocycles. The van der Waals surface area contributed by atoms with Gasteiger partial charge in [-0.1, -0.05) is 42.4 Å². The van der Waals surface area contributed by atoms with Gasteiger partial charge in [-0.15, -0.1) is 5.10 Å². The highest BCUT2D eigenvalue weighted by molar-refractivity contribution is 7.98. The number of rotatable bonds is 11. The Morgan fingerprint density at radius 1 is 1.07 bits per heavy atom. The molecule has 0 bridgehead atoms. The van der Waals surface area contributed by atoms with E-state index in [0.717, 1.165) is 42.2 Å². The number of anilines is 2. The van der Waals surface area contributed by atoms with Crippen LogP contribution < -0.4 is 14.8 Å². The van der Waals surface area contributed by atoms with Crippen molar-refractivity contribution >= 4 is 35.0 Å². The topological polar surface area (TPSA) is 103 Å². The number of ether oxygens (including phenoxy) is 2. The van der Waals surface area contributed by atoms with Crippen molar-refractivity contribution in [2.24, 2.45) is 0 Å². The first kappa shape index (κ1) is 28.1. The van der Waals surface area contributed by atoms with Gasteiger partial charge in [0.25, 0.3) is 0 Å². The van der Waals surface area contributed by atoms with Crippen LogP contribution in [0.4, 0.5) is 11.6 Å². The van der Waals surface area contributed by atoms with Crippen LogP contribution in [0, 0.1) is 0 Å². The van der Waals surface area contributed by atoms with Gasteiger partial charge in [0, 0.05) is 18.0 Å². The van der Waals surface area contributed by atoms with E-state index in [9.17, 15) is 0 Å². The van der Waals surface area contributed by atoms with Crippen LogP contribution in [0.3, 0.4) is 0 Å². The van der Waals surface area contributed by atoms with Gasteiger partial charge in [-0.05, 0) is 91.1 Å². The summed E-state index contributed by atoms with van der Waals surface area (Å²) in [6.07, 6.45) is 7.46. The minimum Gasteiger partial charge on any atom is -0.495 e. The van der Waals surface area contributed by atoms with Crippen LogP contribution in [0.15, 0.2) is 55.1 Å². The molecule has 3 heterocycles. The van der Waals surface area contributed by atoms with Gasteiger partial charge in [0.15, 0.2) is 0 Å². The van der Waals surface area contributed by atoms with Crippen LogP contribution >= 0.6 is 23.4 Å². The average molecular weight is 581 g/mol. The van der Waals surface area contributed by atoms with Crippen molar-refractivity contribution in [3.8, 4) is 22.6 Å². The van der Waals surface area contributed by atoms with Crippen molar-refractivity contribution in [2.75, 3.05) is 32.1 Å². The second-order valence-corrected chi connectivity index (χ2v) is 11.2. The molecule has 40 heavy (non-hydrogen) atoms. The number of likely N-dealkylation sites (tertiary alicyclic amines) is 1. The highest BCUT2D eigenvalue weighted by Gasteiger charge is 2.21. The van der Waals surface area contributed by atoms with E-state index in [-0.39, 0.29) is 5.44 Å². The predicted octanol–water partition coefficient (Wildman–Crippen LogP) is 5.85. The molecule has 2 aromatic carbocycles. The summed E-state index contributed by atoms with van der Waals surface area (Å²) >= 11 is 7.97. The Labute approximate surface area is 243 Å². The molecule has 0 spiro atoms. The van der Waals surface area contributed by atoms with E-state index in [1.54, 1.807) is 42.3 Å². The smallest absolute Gasteiger partial charge is 0.227 e. The van der Waals surface area contributed by atoms with Crippen LogP contribution in [0.5, 0.6) is 11.5 Å². The number of hydrogen-bond acceptors (Lipinski definition) is 10. The minimum atomic E-state index is -0.162. The molecule has 1 fully saturated rings. The maximum atomic E-state index is 6.42. The van der Waals surface area contributed by atoms with E-state index in [1.807, 2.05) is 25.1 Å². The third-order valence-electron chi connectivity index (χ3n) is 7.02. The lowest BCUT2D eigenvalue weighted by Gasteiger charge is -2.31. The molecule has 12 heteroatoms. The zero-order chi connectivity index (χ0) is 27.9. The second-order valence-electron chi connectivity index (χ2n) is 9.56. The lowest BCUT2D eigenvalue weighted by Crippen LogP contribution is -2.32. The Kier molecular flexibility index (Phi) is 9.35. The number of methoxy groups -OCH3 is 1. The maximum absolute atomic E-state index is 6.42. The van der Waals surface area contributed by atoms with E-state index in [0.29, 0.717) is 28.5 Å². The molecule has 1 unspecified atom stereocenters. The lowest BCUT2D eigenvalue weighted by molar-refractivity contribution is 0.222. The number of piperidine rings is 1. The van der Waals surface area contributed by atoms with Crippen molar-refractivity contribution in [2.45, 2.75) is 43.9 Å². The van der Waals surface area contributed by atoms with Crippen LogP contribution in [0.2, 0.25) is 5.02 Å². The van der Waals surface area contributed by atoms with Gasteiger partial charge in [-0.25, -0.2) is 14.6 Å². The number of benzene rings is 2. The van der Waals surface area contributed by atoms with Gasteiger partial charge >= 0.3 is 0 Å². The number of nitrogens with zero attached hydrogens (tertiary/aromatic N) is 7. The molecule has 1 atom stereocenters. The summed E-state index contributed by atoms with van der Waals surface area (Å²) in [5.41, 5.74) is 3.74. The molecule has 4 aromatic rings. The summed E-state index contributed by atoms with van der Waals surface area (Å²) in [6, 6.07) is 12.0. The van der Waals surface area contributed by atoms with E-state index in [2.05, 4.69) is 60.8 Å². The first-order valence-corrected chi connectivity index (χ1v) is 14.7. The highest BCUT2D eigenvalue weighted by Crippen LogP contribution is 2.35. The normalized spacial score (nSPS) is 15.1. The van der Waals surface area contributed by atoms with Gasteiger partial charge in [-0.3, -0.25) is 0 Å². The summed E-state index contributed by atoms with van der Waals surface area (Å²) < 4.78 is 13.4. The number of aromatic nitrogens is 6. The summed E-state index contributed by atoms with van der Waals surface area (Å²) in [5, 5.41) is 15.0. The maximum Gasteiger partial charge on any atom is 0.227 e. The molecule has 1 N–H and O–H groups in total. The van der Waals surface area contributed by atoms with Gasteiger partial charge in [0.05, 0.1) is 23.7 Å². The predicted molar refractivity (Wildman–Crippen MR) is 158 cm³/mol. The zero-order valence-corrected chi connectivity index (χ0v) is 24.4. The molecule has 0 saturated carbocycles. The van der Waals surface area contributed by atoms with Gasteiger partial charge in [0.2, 0.25) is 5.95 Å². The molecule has 0 radical (unpaired) electrons. The molecule has 1 aliphatic heterocycles. The van der Waals surface area contributed by atoms with Crippen LogP contribution in [0.1, 0.15) is 38.2 Å². The average Bonchev–Trinajstić information content (AvgIpc) is 3.52. The fourth-order valence-electron chi connectivity index (χ4n) is 4.72. The fraction of sp³-hybridized carbons (Fsp3) is 0.393. The fourth-order valence-corrected chi connectivity index (χ4v) is 5.53. The molecule has 210 valence electrons. The Hall–Kier alpha value is -3.41. The molecule has 10 nitrogen and oxygen atoms in total. The second kappa shape index (κ2) is 13.3. The Balaban J connectivity index is 1.23. The third kappa shape index (κ3) is 7.01. The van der Waals surface area contributed by atoms with E-state index in [4.69, 9.17) is 21.1 Å². The SMILES string of the molecule is CCN1CCC(c2ccc(Nc3ncc(-c4ccc(Cl)c(OC(C)SCn5cnnn5)c4)cn3)c(OC)c2)CC1. The molecule has 1 saturated heterocycles. The Bertz CT molecular complexity index is 1380. The molecule has 0 aliphatic carbocycles. The van der Waals surface area contributed by atoms with Gasteiger partial charge < -0.3 is 19.7 Å². The molecular formula is C28H33ClN8O2S. The van der Waals surface area contributed by atoms with Crippen molar-refractivity contribution in [3.05, 3.63) is 65.7 Å². The van der Waals surface area contributed by atoms with Crippen molar-refractivity contribution in [3.63, 3.8) is 0 Å². The van der Waals surface area contributed by atoms with Crippen LogP contribution in [-0.4, -0.2) is 67.3 Å². The van der Waals surface area contributed by atoms with E-state index < -0.39 is 0 Å². The van der Waals surface area contributed by atoms with Crippen LogP contribution in [0.25, 0.3) is 11.1 Å². The monoisotopic (exact) mass is 580 g/mol. The number of nitrogens with one attached hydrogen (secondary N) is 1. The molecule has 5 rings (SSSR count). The third-order valence-corrected chi connectivity index (χ3v) is 8.31. The van der Waals surface area contributed by atoms with Crippen molar-refractivity contribution in [1.82, 2.24) is 35.1 Å². The quantitative estimate of drug-likeness (QED) is 0.217. The molecule has 0 amide bonds. The highest BCUT2D eigenvalue weighted by atomic mass is 35.5. The largest absolute Gasteiger partial charge is 0.495 e. The number of tetrazole rings is 1. The van der Waals surface area contributed by atoms with Crippen LogP contribution in [-0.2, 0) is 5.88 Å². The van der Waals surface area contributed by atoms with Gasteiger partial charge in [0.1, 0.15) is 23.3 Å². The Morgan fingerprint density at radius 3 is 2.58 bits per heavy atom. The van der Waals surface area contributed by atoms with Crippen molar-refractivity contribution < 1.29 is 9.47 Å². The standard InChI is InChI=1S/C28H33ClN8O2S/c1-4-36-11-9-20(10-12-36)21-6-8-25(27(14-21)38-3)33-28-30-15-23(16-31-28)22-5-7-24(29)26(13-22)39-19(2)40-18-37-17-32-34-35-37/h5-8,13-17,19-20H,4,9-12,18H2,1-3H3,(H,30,31,33). The first-order chi connectivity index (χ1) is 19.5. The first-order valence-electron chi connectivity index (χ1n) is 13.3. The number of halogens is 1. The summed E-state index contributed by atoms with van der Waals surface area (Å²) in [4.78, 5) is 11.6. The summed E-state index contributed by atoms with van der Waals surface area (Å²) in [5.74, 6) is 2.99. The van der Waals surface area contributed by atoms with Gasteiger partial charge in [-0.2, -0.15) is 0 Å². The van der Waals surface area contributed by atoms with Crippen molar-refractivity contribution in [1.29, 1.82) is 0 Å². The molecule has 1 aliphatic rings.